The number of nitrogens with one attached hydrogen (secondary N) is 1. The highest BCUT2D eigenvalue weighted by molar-refractivity contribution is 9.10. The Bertz CT molecular complexity index is 553. The third-order valence-electron chi connectivity index (χ3n) is 3.47. The fraction of sp³-hybridized carbons (Fsp3) is 0.429. The van der Waals surface area contributed by atoms with E-state index in [1.807, 2.05) is 0 Å². The summed E-state index contributed by atoms with van der Waals surface area (Å²) in [5, 5.41) is 11.9. The van der Waals surface area contributed by atoms with Crippen molar-refractivity contribution in [2.24, 2.45) is 0 Å². The number of hydrogen-bond donors (Lipinski definition) is 2. The van der Waals surface area contributed by atoms with Crippen LogP contribution < -0.4 is 5.32 Å². The lowest BCUT2D eigenvalue weighted by Gasteiger charge is -2.27. The molecule has 7 heteroatoms. The number of carboxylic acids is 1. The SMILES string of the molecule is O=C(O)C1CCCCCN1C(=O)Nc1ccc(F)c(Br)c1. The monoisotopic (exact) mass is 358 g/mol. The zero-order valence-electron chi connectivity index (χ0n) is 11.3. The molecular formula is C14H16BrFN2O3. The van der Waals surface area contributed by atoms with Gasteiger partial charge in [-0.2, -0.15) is 0 Å². The summed E-state index contributed by atoms with van der Waals surface area (Å²) in [5.74, 6) is -1.42. The minimum atomic E-state index is -0.993. The van der Waals surface area contributed by atoms with E-state index in [4.69, 9.17) is 0 Å². The van der Waals surface area contributed by atoms with Crippen LogP contribution in [0.3, 0.4) is 0 Å². The van der Waals surface area contributed by atoms with Crippen molar-refractivity contribution in [3.63, 3.8) is 0 Å². The number of likely N-dealkylation sites (tertiary alicyclic amines) is 1. The zero-order chi connectivity index (χ0) is 15.4. The van der Waals surface area contributed by atoms with E-state index in [2.05, 4.69) is 21.2 Å². The number of anilines is 1. The Labute approximate surface area is 130 Å². The quantitative estimate of drug-likeness (QED) is 0.850. The minimum absolute atomic E-state index is 0.242. The molecule has 0 aromatic heterocycles. The molecule has 2 amide bonds. The van der Waals surface area contributed by atoms with Crippen molar-refractivity contribution in [1.29, 1.82) is 0 Å². The van der Waals surface area contributed by atoms with Crippen LogP contribution in [0, 0.1) is 5.82 Å². The number of halogens is 2. The summed E-state index contributed by atoms with van der Waals surface area (Å²) in [6, 6.07) is 2.84. The third-order valence-corrected chi connectivity index (χ3v) is 4.08. The number of urea groups is 1. The summed E-state index contributed by atoms with van der Waals surface area (Å²) < 4.78 is 13.4. The highest BCUT2D eigenvalue weighted by Crippen LogP contribution is 2.22. The molecule has 1 aliphatic rings. The fourth-order valence-corrected chi connectivity index (χ4v) is 2.76. The Morgan fingerprint density at radius 2 is 2.10 bits per heavy atom. The maximum absolute atomic E-state index is 13.2. The van der Waals surface area contributed by atoms with Gasteiger partial charge in [-0.05, 0) is 47.0 Å². The minimum Gasteiger partial charge on any atom is -0.480 e. The van der Waals surface area contributed by atoms with Crippen molar-refractivity contribution in [2.45, 2.75) is 31.7 Å². The molecule has 1 aromatic rings. The summed E-state index contributed by atoms with van der Waals surface area (Å²) in [5.41, 5.74) is 0.418. The Morgan fingerprint density at radius 3 is 2.76 bits per heavy atom. The number of carboxylic acid groups (broad SMARTS) is 1. The average Bonchev–Trinajstić information content (AvgIpc) is 2.68. The summed E-state index contributed by atoms with van der Waals surface area (Å²) in [4.78, 5) is 24.9. The van der Waals surface area contributed by atoms with E-state index < -0.39 is 23.9 Å². The predicted octanol–water partition coefficient (Wildman–Crippen LogP) is 3.45. The van der Waals surface area contributed by atoms with E-state index >= 15 is 0 Å². The lowest BCUT2D eigenvalue weighted by atomic mass is 10.1. The first-order valence-electron chi connectivity index (χ1n) is 6.74. The molecule has 1 fully saturated rings. The van der Waals surface area contributed by atoms with Crippen LogP contribution in [0.1, 0.15) is 25.7 Å². The lowest BCUT2D eigenvalue weighted by molar-refractivity contribution is -0.142. The molecule has 1 heterocycles. The van der Waals surface area contributed by atoms with Gasteiger partial charge in [0.2, 0.25) is 0 Å². The average molecular weight is 359 g/mol. The van der Waals surface area contributed by atoms with Crippen LogP contribution >= 0.6 is 15.9 Å². The summed E-state index contributed by atoms with van der Waals surface area (Å²) >= 11 is 3.05. The first-order chi connectivity index (χ1) is 9.99. The number of aliphatic carboxylic acids is 1. The molecule has 0 saturated carbocycles. The van der Waals surface area contributed by atoms with Gasteiger partial charge in [0.25, 0.3) is 0 Å². The van der Waals surface area contributed by atoms with E-state index in [-0.39, 0.29) is 4.47 Å². The number of hydrogen-bond acceptors (Lipinski definition) is 2. The van der Waals surface area contributed by atoms with Crippen LogP contribution in [0.4, 0.5) is 14.9 Å². The van der Waals surface area contributed by atoms with Gasteiger partial charge in [-0.1, -0.05) is 12.8 Å². The number of nitrogens with zero attached hydrogens (tertiary/aromatic N) is 1. The first kappa shape index (κ1) is 15.8. The van der Waals surface area contributed by atoms with Crippen molar-refractivity contribution >= 4 is 33.6 Å². The second-order valence-corrected chi connectivity index (χ2v) is 5.81. The molecule has 1 aromatic carbocycles. The highest BCUT2D eigenvalue weighted by Gasteiger charge is 2.30. The molecule has 1 atom stereocenters. The van der Waals surface area contributed by atoms with Crippen molar-refractivity contribution < 1.29 is 19.1 Å². The summed E-state index contributed by atoms with van der Waals surface area (Å²) in [6.45, 7) is 0.408. The second-order valence-electron chi connectivity index (χ2n) is 4.96. The van der Waals surface area contributed by atoms with Gasteiger partial charge in [-0.15, -0.1) is 0 Å². The van der Waals surface area contributed by atoms with Crippen molar-refractivity contribution in [3.05, 3.63) is 28.5 Å². The Balaban J connectivity index is 2.12. The standard InChI is InChI=1S/C14H16BrFN2O3/c15-10-8-9(5-6-11(10)16)17-14(21)18-7-3-1-2-4-12(18)13(19)20/h5-6,8,12H,1-4,7H2,(H,17,21)(H,19,20). The molecule has 2 N–H and O–H groups in total. The second kappa shape index (κ2) is 6.89. The molecule has 0 bridgehead atoms. The van der Waals surface area contributed by atoms with E-state index in [0.717, 1.165) is 19.3 Å². The van der Waals surface area contributed by atoms with Gasteiger partial charge in [-0.25, -0.2) is 14.0 Å². The first-order valence-corrected chi connectivity index (χ1v) is 7.54. The van der Waals surface area contributed by atoms with Gasteiger partial charge >= 0.3 is 12.0 Å². The van der Waals surface area contributed by atoms with Crippen LogP contribution in [0.25, 0.3) is 0 Å². The number of carbonyl (C=O) groups excluding carboxylic acids is 1. The maximum atomic E-state index is 13.2. The van der Waals surface area contributed by atoms with Gasteiger partial charge in [0.15, 0.2) is 0 Å². The van der Waals surface area contributed by atoms with Gasteiger partial charge in [0, 0.05) is 12.2 Å². The van der Waals surface area contributed by atoms with E-state index in [0.29, 0.717) is 18.7 Å². The topological polar surface area (TPSA) is 69.6 Å². The molecular weight excluding hydrogens is 343 g/mol. The van der Waals surface area contributed by atoms with Gasteiger partial charge in [0.1, 0.15) is 11.9 Å². The van der Waals surface area contributed by atoms with E-state index in [1.165, 1.54) is 23.1 Å². The Morgan fingerprint density at radius 1 is 1.33 bits per heavy atom. The van der Waals surface area contributed by atoms with Crippen LogP contribution in [0.2, 0.25) is 0 Å². The molecule has 21 heavy (non-hydrogen) atoms. The fourth-order valence-electron chi connectivity index (χ4n) is 2.38. The summed E-state index contributed by atoms with van der Waals surface area (Å²) in [7, 11) is 0. The van der Waals surface area contributed by atoms with Crippen LogP contribution in [0.15, 0.2) is 22.7 Å². The normalized spacial score (nSPS) is 19.0. The van der Waals surface area contributed by atoms with Crippen molar-refractivity contribution in [1.82, 2.24) is 4.90 Å². The van der Waals surface area contributed by atoms with E-state index in [1.54, 1.807) is 0 Å². The van der Waals surface area contributed by atoms with Crippen LogP contribution in [0.5, 0.6) is 0 Å². The smallest absolute Gasteiger partial charge is 0.326 e. The number of benzene rings is 1. The van der Waals surface area contributed by atoms with E-state index in [9.17, 15) is 19.1 Å². The molecule has 0 radical (unpaired) electrons. The van der Waals surface area contributed by atoms with Crippen molar-refractivity contribution in [3.8, 4) is 0 Å². The highest BCUT2D eigenvalue weighted by atomic mass is 79.9. The Hall–Kier alpha value is -1.63. The largest absolute Gasteiger partial charge is 0.480 e. The van der Waals surface area contributed by atoms with Gasteiger partial charge < -0.3 is 15.3 Å². The molecule has 1 saturated heterocycles. The molecule has 0 aliphatic carbocycles. The number of amides is 2. The molecule has 2 rings (SSSR count). The molecule has 114 valence electrons. The Kier molecular flexibility index (Phi) is 5.17. The predicted molar refractivity (Wildman–Crippen MR) is 79.7 cm³/mol. The van der Waals surface area contributed by atoms with Crippen LogP contribution in [-0.4, -0.2) is 34.6 Å². The van der Waals surface area contributed by atoms with Crippen molar-refractivity contribution in [2.75, 3.05) is 11.9 Å². The van der Waals surface area contributed by atoms with Gasteiger partial charge in [0.05, 0.1) is 4.47 Å². The summed E-state index contributed by atoms with van der Waals surface area (Å²) in [6.07, 6.45) is 2.94. The molecule has 5 nitrogen and oxygen atoms in total. The lowest BCUT2D eigenvalue weighted by Crippen LogP contribution is -2.46. The molecule has 1 unspecified atom stereocenters. The number of rotatable bonds is 2. The third kappa shape index (κ3) is 3.93. The molecule has 1 aliphatic heterocycles. The van der Waals surface area contributed by atoms with Crippen LogP contribution in [-0.2, 0) is 4.79 Å². The molecule has 0 spiro atoms. The number of carbonyl (C=O) groups is 2. The van der Waals surface area contributed by atoms with Gasteiger partial charge in [-0.3, -0.25) is 0 Å². The zero-order valence-corrected chi connectivity index (χ0v) is 12.9. The maximum Gasteiger partial charge on any atom is 0.326 e.